The molecule has 1 N–H and O–H groups in total. The molecule has 1 heterocycles. The van der Waals surface area contributed by atoms with Gasteiger partial charge in [0.2, 0.25) is 0 Å². The van der Waals surface area contributed by atoms with Gasteiger partial charge in [-0.1, -0.05) is 43.3 Å². The molecule has 0 aromatic heterocycles. The minimum Gasteiger partial charge on any atom is -0.491 e. The van der Waals surface area contributed by atoms with Crippen molar-refractivity contribution in [1.29, 1.82) is 0 Å². The molecule has 26 heavy (non-hydrogen) atoms. The van der Waals surface area contributed by atoms with Gasteiger partial charge in [-0.05, 0) is 41.6 Å². The van der Waals surface area contributed by atoms with E-state index in [4.69, 9.17) is 4.74 Å². The number of benzene rings is 3. The number of hydrogen-bond acceptors (Lipinski definition) is 3. The number of nitrogens with zero attached hydrogens (tertiary/aromatic N) is 1. The lowest BCUT2D eigenvalue weighted by Gasteiger charge is -2.21. The maximum atomic E-state index is 12.7. The number of carbonyl (C=O) groups excluding carboxylic acids is 1. The summed E-state index contributed by atoms with van der Waals surface area (Å²) in [6.07, 6.45) is 0.209. The molecule has 0 saturated carbocycles. The van der Waals surface area contributed by atoms with E-state index in [1.54, 1.807) is 4.90 Å². The molecule has 1 atom stereocenters. The van der Waals surface area contributed by atoms with Crippen molar-refractivity contribution in [2.45, 2.75) is 19.4 Å². The highest BCUT2D eigenvalue weighted by Crippen LogP contribution is 2.37. The van der Waals surface area contributed by atoms with Gasteiger partial charge in [0.1, 0.15) is 18.5 Å². The Labute approximate surface area is 152 Å². The zero-order chi connectivity index (χ0) is 18.1. The van der Waals surface area contributed by atoms with Gasteiger partial charge in [-0.25, -0.2) is 0 Å². The van der Waals surface area contributed by atoms with E-state index in [1.807, 2.05) is 60.7 Å². The van der Waals surface area contributed by atoms with Crippen molar-refractivity contribution in [2.75, 3.05) is 18.1 Å². The molecular weight excluding hydrogens is 326 g/mol. The van der Waals surface area contributed by atoms with Gasteiger partial charge in [0.05, 0.1) is 12.2 Å². The molecule has 0 bridgehead atoms. The molecule has 4 nitrogen and oxygen atoms in total. The highest BCUT2D eigenvalue weighted by molar-refractivity contribution is 6.25. The van der Waals surface area contributed by atoms with Crippen molar-refractivity contribution in [3.8, 4) is 5.75 Å². The molecular formula is C22H21NO3. The molecule has 4 rings (SSSR count). The Morgan fingerprint density at radius 2 is 1.77 bits per heavy atom. The van der Waals surface area contributed by atoms with Crippen LogP contribution >= 0.6 is 0 Å². The average molecular weight is 347 g/mol. The Balaban J connectivity index is 1.46. The van der Waals surface area contributed by atoms with Crippen molar-refractivity contribution in [3.63, 3.8) is 0 Å². The first-order chi connectivity index (χ1) is 12.7. The predicted molar refractivity (Wildman–Crippen MR) is 103 cm³/mol. The lowest BCUT2D eigenvalue weighted by molar-refractivity contribution is 0.0913. The molecule has 0 radical (unpaired) electrons. The Morgan fingerprint density at radius 1 is 1.04 bits per heavy atom. The van der Waals surface area contributed by atoms with Crippen molar-refractivity contribution in [3.05, 3.63) is 71.8 Å². The molecule has 1 aliphatic heterocycles. The first kappa shape index (κ1) is 16.6. The third kappa shape index (κ3) is 2.93. The predicted octanol–water partition coefficient (Wildman–Crippen LogP) is 3.80. The summed E-state index contributed by atoms with van der Waals surface area (Å²) >= 11 is 0. The number of hydrogen-bond donors (Lipinski definition) is 1. The molecule has 1 aliphatic rings. The van der Waals surface area contributed by atoms with Crippen LogP contribution in [0.2, 0.25) is 0 Å². The molecule has 0 saturated heterocycles. The van der Waals surface area contributed by atoms with Gasteiger partial charge >= 0.3 is 0 Å². The standard InChI is InChI=1S/C22H21NO3/c1-2-15-9-11-18(12-10-15)26-14-17(24)13-23-20-8-4-6-16-5-3-7-19(21(16)20)22(23)25/h3-12,17,24H,2,13-14H2,1H3/t17-/m0/s1. The van der Waals surface area contributed by atoms with Crippen molar-refractivity contribution in [1.82, 2.24) is 0 Å². The molecule has 1 amide bonds. The number of anilines is 1. The molecule has 3 aromatic rings. The van der Waals surface area contributed by atoms with Gasteiger partial charge in [-0.3, -0.25) is 4.79 Å². The van der Waals surface area contributed by atoms with Gasteiger partial charge in [-0.15, -0.1) is 0 Å². The van der Waals surface area contributed by atoms with Crippen LogP contribution < -0.4 is 9.64 Å². The summed E-state index contributed by atoms with van der Waals surface area (Å²) in [5.74, 6) is 0.655. The van der Waals surface area contributed by atoms with Gasteiger partial charge in [0.25, 0.3) is 5.91 Å². The van der Waals surface area contributed by atoms with E-state index < -0.39 is 6.10 Å². The SMILES string of the molecule is CCc1ccc(OC[C@@H](O)CN2C(=O)c3cccc4cccc2c34)cc1. The number of ether oxygens (including phenoxy) is 1. The van der Waals surface area contributed by atoms with E-state index in [2.05, 4.69) is 6.92 Å². The van der Waals surface area contributed by atoms with Crippen LogP contribution in [0.1, 0.15) is 22.8 Å². The van der Waals surface area contributed by atoms with E-state index in [1.165, 1.54) is 5.56 Å². The maximum Gasteiger partial charge on any atom is 0.259 e. The zero-order valence-electron chi connectivity index (χ0n) is 14.7. The summed E-state index contributed by atoms with van der Waals surface area (Å²) in [5, 5.41) is 12.4. The minimum atomic E-state index is -0.769. The monoisotopic (exact) mass is 347 g/mol. The first-order valence-electron chi connectivity index (χ1n) is 8.91. The summed E-state index contributed by atoms with van der Waals surface area (Å²) in [4.78, 5) is 14.4. The van der Waals surface area contributed by atoms with Crippen LogP contribution in [-0.2, 0) is 6.42 Å². The van der Waals surface area contributed by atoms with Crippen LogP contribution in [0.15, 0.2) is 60.7 Å². The summed E-state index contributed by atoms with van der Waals surface area (Å²) in [6, 6.07) is 19.4. The number of β-amino-alcohol motifs (C(OH)–C–C–N with tert-alkyl or cyclic N) is 1. The largest absolute Gasteiger partial charge is 0.491 e. The van der Waals surface area contributed by atoms with E-state index in [-0.39, 0.29) is 19.1 Å². The van der Waals surface area contributed by atoms with Gasteiger partial charge in [0.15, 0.2) is 0 Å². The average Bonchev–Trinajstić information content (AvgIpc) is 2.95. The number of carbonyl (C=O) groups is 1. The number of aliphatic hydroxyl groups is 1. The minimum absolute atomic E-state index is 0.0665. The number of amides is 1. The fraction of sp³-hybridized carbons (Fsp3) is 0.227. The Hall–Kier alpha value is -2.85. The summed E-state index contributed by atoms with van der Waals surface area (Å²) in [7, 11) is 0. The number of aryl methyl sites for hydroxylation is 1. The molecule has 0 unspecified atom stereocenters. The molecule has 0 spiro atoms. The molecule has 3 aromatic carbocycles. The smallest absolute Gasteiger partial charge is 0.259 e. The van der Waals surface area contributed by atoms with Gasteiger partial charge in [0, 0.05) is 10.9 Å². The van der Waals surface area contributed by atoms with Gasteiger partial charge in [-0.2, -0.15) is 0 Å². The van der Waals surface area contributed by atoms with Crippen LogP contribution in [0, 0.1) is 0 Å². The van der Waals surface area contributed by atoms with E-state index in [9.17, 15) is 9.90 Å². The van der Waals surface area contributed by atoms with Crippen LogP contribution in [0.25, 0.3) is 10.8 Å². The van der Waals surface area contributed by atoms with Crippen molar-refractivity contribution in [2.24, 2.45) is 0 Å². The second kappa shape index (κ2) is 6.81. The second-order valence-electron chi connectivity index (χ2n) is 6.56. The van der Waals surface area contributed by atoms with Crippen molar-refractivity contribution < 1.29 is 14.6 Å². The van der Waals surface area contributed by atoms with Crippen LogP contribution in [-0.4, -0.2) is 30.3 Å². The van der Waals surface area contributed by atoms with E-state index in [0.29, 0.717) is 5.56 Å². The highest BCUT2D eigenvalue weighted by atomic mass is 16.5. The first-order valence-corrected chi connectivity index (χ1v) is 8.91. The van der Waals surface area contributed by atoms with E-state index >= 15 is 0 Å². The topological polar surface area (TPSA) is 49.8 Å². The second-order valence-corrected chi connectivity index (χ2v) is 6.56. The van der Waals surface area contributed by atoms with Crippen LogP contribution in [0.3, 0.4) is 0 Å². The van der Waals surface area contributed by atoms with Gasteiger partial charge < -0.3 is 14.7 Å². The lowest BCUT2D eigenvalue weighted by atomic mass is 10.1. The molecule has 132 valence electrons. The quantitative estimate of drug-likeness (QED) is 0.738. The summed E-state index contributed by atoms with van der Waals surface area (Å²) in [5.41, 5.74) is 2.79. The summed E-state index contributed by atoms with van der Waals surface area (Å²) in [6.45, 7) is 2.45. The van der Waals surface area contributed by atoms with E-state index in [0.717, 1.165) is 28.6 Å². The Kier molecular flexibility index (Phi) is 4.35. The fourth-order valence-electron chi connectivity index (χ4n) is 3.44. The maximum absolute atomic E-state index is 12.7. The zero-order valence-corrected chi connectivity index (χ0v) is 14.7. The van der Waals surface area contributed by atoms with Crippen LogP contribution in [0.5, 0.6) is 5.75 Å². The molecule has 4 heteroatoms. The van der Waals surface area contributed by atoms with Crippen LogP contribution in [0.4, 0.5) is 5.69 Å². The normalized spacial score (nSPS) is 14.1. The summed E-state index contributed by atoms with van der Waals surface area (Å²) < 4.78 is 5.68. The third-order valence-electron chi connectivity index (χ3n) is 4.82. The Bertz CT molecular complexity index is 944. The van der Waals surface area contributed by atoms with Crippen molar-refractivity contribution >= 4 is 22.4 Å². The molecule has 0 fully saturated rings. The third-order valence-corrected chi connectivity index (χ3v) is 4.82. The molecule has 0 aliphatic carbocycles. The lowest BCUT2D eigenvalue weighted by Crippen LogP contribution is -2.37. The fourth-order valence-corrected chi connectivity index (χ4v) is 3.44. The highest BCUT2D eigenvalue weighted by Gasteiger charge is 2.30. The Morgan fingerprint density at radius 3 is 2.50 bits per heavy atom. The number of aliphatic hydroxyl groups excluding tert-OH is 1. The number of rotatable bonds is 6.